The molecule has 8 heteroatoms. The molecule has 0 saturated heterocycles. The van der Waals surface area contributed by atoms with E-state index in [4.69, 9.17) is 4.42 Å². The first-order valence-electron chi connectivity index (χ1n) is 10.6. The highest BCUT2D eigenvalue weighted by atomic mass is 32.1. The highest BCUT2D eigenvalue weighted by molar-refractivity contribution is 7.03. The van der Waals surface area contributed by atoms with Crippen molar-refractivity contribution in [2.75, 3.05) is 4.90 Å². The van der Waals surface area contributed by atoms with Crippen molar-refractivity contribution in [2.45, 2.75) is 58.0 Å². The minimum absolute atomic E-state index is 0.117. The minimum Gasteiger partial charge on any atom is -0.464 e. The molecule has 162 valence electrons. The van der Waals surface area contributed by atoms with E-state index < -0.39 is 6.04 Å². The van der Waals surface area contributed by atoms with Crippen LogP contribution in [-0.2, 0) is 11.2 Å². The Labute approximate surface area is 185 Å². The van der Waals surface area contributed by atoms with Crippen LogP contribution in [0.4, 0.5) is 5.69 Å². The SMILES string of the molecule is CCc1cccc(N(C(=O)c2csnn2)[C@H](C(=O)NC2CCCC2)c2ccc(C)o2)c1. The fraction of sp³-hybridized carbons (Fsp3) is 0.391. The van der Waals surface area contributed by atoms with Gasteiger partial charge in [-0.05, 0) is 67.5 Å². The number of rotatable bonds is 7. The molecule has 1 aliphatic carbocycles. The Bertz CT molecular complexity index is 1040. The number of aryl methyl sites for hydroxylation is 2. The summed E-state index contributed by atoms with van der Waals surface area (Å²) in [5, 5.41) is 8.70. The molecule has 0 radical (unpaired) electrons. The summed E-state index contributed by atoms with van der Waals surface area (Å²) < 4.78 is 9.71. The fourth-order valence-electron chi connectivity index (χ4n) is 4.02. The third-order valence-electron chi connectivity index (χ3n) is 5.63. The molecule has 0 unspecified atom stereocenters. The lowest BCUT2D eigenvalue weighted by atomic mass is 10.1. The van der Waals surface area contributed by atoms with Crippen LogP contribution in [0.1, 0.15) is 66.2 Å². The predicted molar refractivity (Wildman–Crippen MR) is 119 cm³/mol. The van der Waals surface area contributed by atoms with Crippen molar-refractivity contribution in [1.82, 2.24) is 14.9 Å². The Morgan fingerprint density at radius 1 is 1.26 bits per heavy atom. The molecule has 1 N–H and O–H groups in total. The summed E-state index contributed by atoms with van der Waals surface area (Å²) in [6.45, 7) is 3.87. The van der Waals surface area contributed by atoms with Gasteiger partial charge < -0.3 is 9.73 Å². The van der Waals surface area contributed by atoms with Gasteiger partial charge in [0.25, 0.3) is 11.8 Å². The first-order chi connectivity index (χ1) is 15.1. The zero-order chi connectivity index (χ0) is 21.8. The van der Waals surface area contributed by atoms with Crippen LogP contribution in [-0.4, -0.2) is 27.4 Å². The number of anilines is 1. The number of benzene rings is 1. The second kappa shape index (κ2) is 9.43. The molecule has 1 fully saturated rings. The molecule has 0 bridgehead atoms. The number of hydrogen-bond donors (Lipinski definition) is 1. The third-order valence-corrected chi connectivity index (χ3v) is 6.14. The van der Waals surface area contributed by atoms with E-state index in [2.05, 4.69) is 21.8 Å². The molecule has 2 aromatic heterocycles. The predicted octanol–water partition coefficient (Wildman–Crippen LogP) is 4.45. The molecule has 0 aliphatic heterocycles. The maximum absolute atomic E-state index is 13.6. The summed E-state index contributed by atoms with van der Waals surface area (Å²) in [5.41, 5.74) is 1.89. The zero-order valence-electron chi connectivity index (χ0n) is 17.7. The van der Waals surface area contributed by atoms with Crippen LogP contribution in [0.5, 0.6) is 0 Å². The average Bonchev–Trinajstić information content (AvgIpc) is 3.54. The van der Waals surface area contributed by atoms with Crippen molar-refractivity contribution in [3.05, 3.63) is 64.6 Å². The van der Waals surface area contributed by atoms with Gasteiger partial charge >= 0.3 is 0 Å². The van der Waals surface area contributed by atoms with Crippen LogP contribution >= 0.6 is 11.5 Å². The van der Waals surface area contributed by atoms with Crippen molar-refractivity contribution in [2.24, 2.45) is 0 Å². The van der Waals surface area contributed by atoms with Crippen molar-refractivity contribution >= 4 is 29.0 Å². The van der Waals surface area contributed by atoms with Crippen LogP contribution < -0.4 is 10.2 Å². The van der Waals surface area contributed by atoms with Gasteiger partial charge in [-0.15, -0.1) is 5.10 Å². The molecule has 1 atom stereocenters. The molecule has 31 heavy (non-hydrogen) atoms. The van der Waals surface area contributed by atoms with Crippen molar-refractivity contribution < 1.29 is 14.0 Å². The number of hydrogen-bond acceptors (Lipinski definition) is 6. The number of amides is 2. The van der Waals surface area contributed by atoms with Gasteiger partial charge in [-0.25, -0.2) is 0 Å². The molecule has 1 aliphatic rings. The van der Waals surface area contributed by atoms with E-state index in [1.54, 1.807) is 17.5 Å². The summed E-state index contributed by atoms with van der Waals surface area (Å²) in [6.07, 6.45) is 4.91. The Hall–Kier alpha value is -3.00. The molecule has 1 saturated carbocycles. The molecule has 4 rings (SSSR count). The number of aromatic nitrogens is 2. The topological polar surface area (TPSA) is 88.3 Å². The average molecular weight is 439 g/mol. The normalized spacial score (nSPS) is 15.0. The van der Waals surface area contributed by atoms with Crippen molar-refractivity contribution in [3.8, 4) is 0 Å². The second-order valence-corrected chi connectivity index (χ2v) is 8.44. The number of furan rings is 1. The van der Waals surface area contributed by atoms with Gasteiger partial charge in [0.05, 0.1) is 0 Å². The molecule has 2 amide bonds. The monoisotopic (exact) mass is 438 g/mol. The lowest BCUT2D eigenvalue weighted by molar-refractivity contribution is -0.123. The van der Waals surface area contributed by atoms with Gasteiger partial charge in [0, 0.05) is 17.1 Å². The first kappa shape index (κ1) is 21.2. The van der Waals surface area contributed by atoms with E-state index in [1.165, 1.54) is 4.90 Å². The molecule has 0 spiro atoms. The molecule has 2 heterocycles. The van der Waals surface area contributed by atoms with Crippen LogP contribution in [0.25, 0.3) is 0 Å². The van der Waals surface area contributed by atoms with Gasteiger partial charge in [-0.1, -0.05) is 36.4 Å². The number of nitrogens with zero attached hydrogens (tertiary/aromatic N) is 3. The quantitative estimate of drug-likeness (QED) is 0.589. The highest BCUT2D eigenvalue weighted by Gasteiger charge is 2.37. The Morgan fingerprint density at radius 3 is 2.71 bits per heavy atom. The molecular weight excluding hydrogens is 412 g/mol. The fourth-order valence-corrected chi connectivity index (χ4v) is 4.45. The van der Waals surface area contributed by atoms with Gasteiger partial charge in [0.2, 0.25) is 0 Å². The first-order valence-corrected chi connectivity index (χ1v) is 11.5. The van der Waals surface area contributed by atoms with E-state index in [0.717, 1.165) is 49.2 Å². The van der Waals surface area contributed by atoms with E-state index >= 15 is 0 Å². The maximum atomic E-state index is 13.6. The van der Waals surface area contributed by atoms with E-state index in [-0.39, 0.29) is 23.6 Å². The summed E-state index contributed by atoms with van der Waals surface area (Å²) >= 11 is 1.10. The Kier molecular flexibility index (Phi) is 6.46. The molecule has 1 aromatic carbocycles. The van der Waals surface area contributed by atoms with E-state index in [9.17, 15) is 9.59 Å². The molecule has 3 aromatic rings. The van der Waals surface area contributed by atoms with Crippen LogP contribution in [0.3, 0.4) is 0 Å². The standard InChI is InChI=1S/C23H26N4O3S/c1-3-16-7-6-10-18(13-16)27(23(29)19-14-31-26-25-19)21(20-12-11-15(2)30-20)22(28)24-17-8-4-5-9-17/h6-7,10-14,17,21H,3-5,8-9H2,1-2H3,(H,24,28)/t21-/m0/s1. The van der Waals surface area contributed by atoms with Gasteiger partial charge in [-0.3, -0.25) is 14.5 Å². The molecular formula is C23H26N4O3S. The number of carbonyl (C=O) groups excluding carboxylic acids is 2. The lowest BCUT2D eigenvalue weighted by Gasteiger charge is -2.30. The summed E-state index contributed by atoms with van der Waals surface area (Å²) in [7, 11) is 0. The number of nitrogens with one attached hydrogen (secondary N) is 1. The van der Waals surface area contributed by atoms with Gasteiger partial charge in [0.15, 0.2) is 11.7 Å². The largest absolute Gasteiger partial charge is 0.464 e. The highest BCUT2D eigenvalue weighted by Crippen LogP contribution is 2.32. The number of carbonyl (C=O) groups is 2. The second-order valence-electron chi connectivity index (χ2n) is 7.83. The minimum atomic E-state index is -0.949. The van der Waals surface area contributed by atoms with Crippen molar-refractivity contribution in [1.29, 1.82) is 0 Å². The summed E-state index contributed by atoms with van der Waals surface area (Å²) in [4.78, 5) is 28.6. The van der Waals surface area contributed by atoms with E-state index in [1.807, 2.05) is 31.2 Å². The summed E-state index contributed by atoms with van der Waals surface area (Å²) in [6, 6.07) is 10.4. The molecule has 7 nitrogen and oxygen atoms in total. The van der Waals surface area contributed by atoms with Crippen molar-refractivity contribution in [3.63, 3.8) is 0 Å². The van der Waals surface area contributed by atoms with E-state index in [0.29, 0.717) is 17.2 Å². The van der Waals surface area contributed by atoms with Crippen LogP contribution in [0.2, 0.25) is 0 Å². The van der Waals surface area contributed by atoms with Gasteiger partial charge in [-0.2, -0.15) is 0 Å². The van der Waals surface area contributed by atoms with Gasteiger partial charge in [0.1, 0.15) is 11.5 Å². The smallest absolute Gasteiger partial charge is 0.280 e. The zero-order valence-corrected chi connectivity index (χ0v) is 18.5. The third kappa shape index (κ3) is 4.69. The lowest BCUT2D eigenvalue weighted by Crippen LogP contribution is -2.46. The summed E-state index contributed by atoms with van der Waals surface area (Å²) in [5.74, 6) is 0.465. The Morgan fingerprint density at radius 2 is 2.06 bits per heavy atom. The van der Waals surface area contributed by atoms with Crippen LogP contribution in [0, 0.1) is 6.92 Å². The van der Waals surface area contributed by atoms with Crippen LogP contribution in [0.15, 0.2) is 46.2 Å². The maximum Gasteiger partial charge on any atom is 0.280 e. The Balaban J connectivity index is 1.79.